The van der Waals surface area contributed by atoms with Gasteiger partial charge in [0.1, 0.15) is 17.3 Å². The van der Waals surface area contributed by atoms with Gasteiger partial charge in [-0.05, 0) is 63.9 Å². The molecule has 2 aromatic carbocycles. The van der Waals surface area contributed by atoms with Crippen molar-refractivity contribution in [1.82, 2.24) is 19.7 Å². The Bertz CT molecular complexity index is 1250. The number of hydrogen-bond donors (Lipinski definition) is 0. The zero-order chi connectivity index (χ0) is 22.9. The normalized spacial score (nSPS) is 13.6. The van der Waals surface area contributed by atoms with Crippen LogP contribution in [0.1, 0.15) is 41.2 Å². The number of hydrogen-bond acceptors (Lipinski definition) is 5. The largest absolute Gasteiger partial charge is 0.457 e. The molecule has 0 bridgehead atoms. The van der Waals surface area contributed by atoms with Crippen molar-refractivity contribution in [2.75, 3.05) is 0 Å². The predicted octanol–water partition coefficient (Wildman–Crippen LogP) is 5.96. The number of nitrogens with zero attached hydrogens (tertiary/aromatic N) is 4. The van der Waals surface area contributed by atoms with E-state index >= 15 is 0 Å². The third-order valence-corrected chi connectivity index (χ3v) is 6.39. The zero-order valence-corrected chi connectivity index (χ0v) is 19.7. The average molecular weight is 443 g/mol. The molecule has 0 saturated heterocycles. The Kier molecular flexibility index (Phi) is 5.77. The Hall–Kier alpha value is -3.38. The summed E-state index contributed by atoms with van der Waals surface area (Å²) in [5.41, 5.74) is 5.55. The minimum Gasteiger partial charge on any atom is -0.457 e. The maximum atomic E-state index is 6.10. The lowest BCUT2D eigenvalue weighted by molar-refractivity contribution is 0.241. The van der Waals surface area contributed by atoms with Crippen LogP contribution in [0.5, 0.6) is 11.5 Å². The fraction of sp³-hybridized carbons (Fsp3) is 0.333. The van der Waals surface area contributed by atoms with E-state index in [0.717, 1.165) is 47.3 Å². The fourth-order valence-electron chi connectivity index (χ4n) is 4.21. The van der Waals surface area contributed by atoms with Gasteiger partial charge in [-0.15, -0.1) is 0 Å². The number of oxazole rings is 1. The van der Waals surface area contributed by atoms with Gasteiger partial charge in [-0.25, -0.2) is 4.98 Å². The van der Waals surface area contributed by atoms with E-state index in [2.05, 4.69) is 23.8 Å². The molecule has 1 aliphatic rings. The summed E-state index contributed by atoms with van der Waals surface area (Å²) in [6.45, 7) is 7.90. The summed E-state index contributed by atoms with van der Waals surface area (Å²) in [4.78, 5) is 7.40. The van der Waals surface area contributed by atoms with Gasteiger partial charge in [-0.3, -0.25) is 9.58 Å². The van der Waals surface area contributed by atoms with E-state index in [9.17, 15) is 0 Å². The molecular weight excluding hydrogens is 412 g/mol. The lowest BCUT2D eigenvalue weighted by Crippen LogP contribution is -2.26. The highest BCUT2D eigenvalue weighted by Crippen LogP contribution is 2.33. The Labute approximate surface area is 194 Å². The molecule has 0 amide bonds. The van der Waals surface area contributed by atoms with E-state index in [1.165, 1.54) is 24.1 Å². The molecule has 0 N–H and O–H groups in total. The van der Waals surface area contributed by atoms with Gasteiger partial charge >= 0.3 is 0 Å². The topological polar surface area (TPSA) is 56.3 Å². The van der Waals surface area contributed by atoms with E-state index in [1.807, 2.05) is 73.3 Å². The second-order valence-corrected chi connectivity index (χ2v) is 8.87. The Balaban J connectivity index is 1.35. The predicted molar refractivity (Wildman–Crippen MR) is 128 cm³/mol. The highest BCUT2D eigenvalue weighted by Gasteiger charge is 2.31. The van der Waals surface area contributed by atoms with Gasteiger partial charge < -0.3 is 9.15 Å². The lowest BCUT2D eigenvalue weighted by Gasteiger charge is -2.21. The third-order valence-electron chi connectivity index (χ3n) is 6.39. The quantitative estimate of drug-likeness (QED) is 0.337. The van der Waals surface area contributed by atoms with Crippen LogP contribution < -0.4 is 4.74 Å². The standard InChI is InChI=1S/C27H30N4O2/c1-18-25(19(2)30(4)29-18)16-31(22-13-14-22)17-26-20(3)32-27(28-26)21-9-8-12-24(15-21)33-23-10-6-5-7-11-23/h5-12,15,22H,13-14,16-17H2,1-4H3. The van der Waals surface area contributed by atoms with Crippen molar-refractivity contribution in [3.8, 4) is 23.0 Å². The number of ether oxygens (including phenoxy) is 1. The Morgan fingerprint density at radius 2 is 1.76 bits per heavy atom. The van der Waals surface area contributed by atoms with Crippen LogP contribution in [0.3, 0.4) is 0 Å². The van der Waals surface area contributed by atoms with Crippen molar-refractivity contribution in [2.24, 2.45) is 7.05 Å². The first-order valence-electron chi connectivity index (χ1n) is 11.5. The molecule has 0 aliphatic heterocycles. The average Bonchev–Trinajstić information content (AvgIpc) is 3.55. The molecule has 0 radical (unpaired) electrons. The lowest BCUT2D eigenvalue weighted by atomic mass is 10.1. The minimum absolute atomic E-state index is 0.603. The summed E-state index contributed by atoms with van der Waals surface area (Å²) in [6, 6.07) is 18.3. The second kappa shape index (κ2) is 8.87. The van der Waals surface area contributed by atoms with Crippen molar-refractivity contribution in [3.05, 3.63) is 83.0 Å². The number of aryl methyl sites for hydroxylation is 3. The van der Waals surface area contributed by atoms with Crippen LogP contribution in [0, 0.1) is 20.8 Å². The van der Waals surface area contributed by atoms with Crippen LogP contribution in [-0.2, 0) is 20.1 Å². The Morgan fingerprint density at radius 1 is 1.00 bits per heavy atom. The van der Waals surface area contributed by atoms with Crippen molar-refractivity contribution < 1.29 is 9.15 Å². The molecule has 4 aromatic rings. The van der Waals surface area contributed by atoms with Gasteiger partial charge in [-0.1, -0.05) is 24.3 Å². The molecule has 6 nitrogen and oxygen atoms in total. The number of benzene rings is 2. The fourth-order valence-corrected chi connectivity index (χ4v) is 4.21. The summed E-state index contributed by atoms with van der Waals surface area (Å²) in [7, 11) is 2.01. The van der Waals surface area contributed by atoms with Gasteiger partial charge in [0, 0.05) is 43.0 Å². The van der Waals surface area contributed by atoms with Crippen molar-refractivity contribution >= 4 is 0 Å². The Morgan fingerprint density at radius 3 is 2.45 bits per heavy atom. The first kappa shape index (κ1) is 21.5. The van der Waals surface area contributed by atoms with E-state index in [4.69, 9.17) is 14.1 Å². The summed E-state index contributed by atoms with van der Waals surface area (Å²) < 4.78 is 14.1. The summed E-state index contributed by atoms with van der Waals surface area (Å²) in [5, 5.41) is 4.59. The molecular formula is C27H30N4O2. The van der Waals surface area contributed by atoms with Crippen LogP contribution >= 0.6 is 0 Å². The van der Waals surface area contributed by atoms with E-state index in [-0.39, 0.29) is 0 Å². The maximum absolute atomic E-state index is 6.10. The number of rotatable bonds is 8. The SMILES string of the molecule is Cc1nn(C)c(C)c1CN(Cc1nc(-c2cccc(Oc3ccccc3)c2)oc1C)C1CC1. The van der Waals surface area contributed by atoms with Gasteiger partial charge in [0.25, 0.3) is 0 Å². The van der Waals surface area contributed by atoms with Crippen molar-refractivity contribution in [1.29, 1.82) is 0 Å². The van der Waals surface area contributed by atoms with Crippen molar-refractivity contribution in [3.63, 3.8) is 0 Å². The molecule has 0 atom stereocenters. The summed E-state index contributed by atoms with van der Waals surface area (Å²) >= 11 is 0. The van der Waals surface area contributed by atoms with E-state index in [0.29, 0.717) is 11.9 Å². The first-order valence-corrected chi connectivity index (χ1v) is 11.5. The first-order chi connectivity index (χ1) is 16.0. The van der Waals surface area contributed by atoms with E-state index in [1.54, 1.807) is 0 Å². The molecule has 6 heteroatoms. The molecule has 0 unspecified atom stereocenters. The second-order valence-electron chi connectivity index (χ2n) is 8.87. The van der Waals surface area contributed by atoms with Crippen LogP contribution in [0.2, 0.25) is 0 Å². The third kappa shape index (κ3) is 4.71. The smallest absolute Gasteiger partial charge is 0.226 e. The van der Waals surface area contributed by atoms with Crippen LogP contribution in [-0.4, -0.2) is 25.7 Å². The highest BCUT2D eigenvalue weighted by molar-refractivity contribution is 5.57. The summed E-state index contributed by atoms with van der Waals surface area (Å²) in [6.07, 6.45) is 2.47. The number of para-hydroxylation sites is 1. The van der Waals surface area contributed by atoms with Crippen LogP contribution in [0.4, 0.5) is 0 Å². The molecule has 1 saturated carbocycles. The summed E-state index contributed by atoms with van der Waals surface area (Å²) in [5.74, 6) is 3.06. The molecule has 1 fully saturated rings. The monoisotopic (exact) mass is 442 g/mol. The zero-order valence-electron chi connectivity index (χ0n) is 19.7. The number of aromatic nitrogens is 3. The molecule has 0 spiro atoms. The van der Waals surface area contributed by atoms with E-state index < -0.39 is 0 Å². The van der Waals surface area contributed by atoms with Crippen molar-refractivity contribution in [2.45, 2.75) is 52.7 Å². The maximum Gasteiger partial charge on any atom is 0.226 e. The molecule has 170 valence electrons. The highest BCUT2D eigenvalue weighted by atomic mass is 16.5. The molecule has 1 aliphatic carbocycles. The van der Waals surface area contributed by atoms with Gasteiger partial charge in [0.2, 0.25) is 5.89 Å². The minimum atomic E-state index is 0.603. The van der Waals surface area contributed by atoms with Crippen LogP contribution in [0.25, 0.3) is 11.5 Å². The molecule has 33 heavy (non-hydrogen) atoms. The molecule has 5 rings (SSSR count). The van der Waals surface area contributed by atoms with Gasteiger partial charge in [0.05, 0.1) is 11.4 Å². The molecule has 2 heterocycles. The van der Waals surface area contributed by atoms with Gasteiger partial charge in [-0.2, -0.15) is 5.10 Å². The molecule has 2 aromatic heterocycles. The van der Waals surface area contributed by atoms with Gasteiger partial charge in [0.15, 0.2) is 0 Å². The van der Waals surface area contributed by atoms with Crippen LogP contribution in [0.15, 0.2) is 59.0 Å².